The van der Waals surface area contributed by atoms with E-state index < -0.39 is 0 Å². The van der Waals surface area contributed by atoms with E-state index in [0.29, 0.717) is 5.02 Å². The van der Waals surface area contributed by atoms with E-state index in [0.717, 1.165) is 29.9 Å². The van der Waals surface area contributed by atoms with Crippen LogP contribution >= 0.6 is 11.6 Å². The molecule has 1 aromatic carbocycles. The lowest BCUT2D eigenvalue weighted by atomic mass is 10.1. The largest absolute Gasteiger partial charge is 0.378 e. The normalized spacial score (nSPS) is 22.3. The van der Waals surface area contributed by atoms with Crippen LogP contribution in [0.1, 0.15) is 11.1 Å². The molecule has 0 radical (unpaired) electrons. The maximum absolute atomic E-state index is 12.2. The lowest BCUT2D eigenvalue weighted by molar-refractivity contribution is 0.0940. The minimum absolute atomic E-state index is 0.0141. The highest BCUT2D eigenvalue weighted by atomic mass is 35.5. The Morgan fingerprint density at radius 3 is 2.76 bits per heavy atom. The van der Waals surface area contributed by atoms with Gasteiger partial charge in [-0.2, -0.15) is 0 Å². The Bertz CT molecular complexity index is 536. The lowest BCUT2D eigenvalue weighted by Crippen LogP contribution is -2.45. The molecule has 5 nitrogen and oxygen atoms in total. The number of halogens is 1. The molecule has 21 heavy (non-hydrogen) atoms. The van der Waals surface area contributed by atoms with Crippen LogP contribution in [0.2, 0.25) is 5.02 Å². The third-order valence-corrected chi connectivity index (χ3v) is 4.32. The van der Waals surface area contributed by atoms with Crippen molar-refractivity contribution in [2.45, 2.75) is 26.0 Å². The van der Waals surface area contributed by atoms with Gasteiger partial charge in [0.15, 0.2) is 0 Å². The third-order valence-electron chi connectivity index (χ3n) is 3.91. The molecule has 0 aromatic heterocycles. The average molecular weight is 312 g/mol. The van der Waals surface area contributed by atoms with Crippen LogP contribution in [0.4, 0.5) is 10.5 Å². The molecule has 1 aliphatic rings. The molecule has 116 valence electrons. The molecule has 0 unspecified atom stereocenters. The Morgan fingerprint density at radius 2 is 2.10 bits per heavy atom. The average Bonchev–Trinajstić information content (AvgIpc) is 2.79. The predicted molar refractivity (Wildman–Crippen MR) is 85.2 cm³/mol. The number of nitrogens with one attached hydrogen (secondary N) is 2. The van der Waals surface area contributed by atoms with Gasteiger partial charge in [-0.1, -0.05) is 17.7 Å². The van der Waals surface area contributed by atoms with Gasteiger partial charge in [-0.05, 0) is 38.1 Å². The van der Waals surface area contributed by atoms with Crippen molar-refractivity contribution in [2.24, 2.45) is 0 Å². The lowest BCUT2D eigenvalue weighted by Gasteiger charge is -2.20. The fourth-order valence-corrected chi connectivity index (χ4v) is 2.83. The van der Waals surface area contributed by atoms with E-state index in [1.807, 2.05) is 33.0 Å². The van der Waals surface area contributed by atoms with E-state index >= 15 is 0 Å². The Balaban J connectivity index is 2.04. The molecule has 2 rings (SSSR count). The van der Waals surface area contributed by atoms with E-state index in [4.69, 9.17) is 16.3 Å². The second-order valence-electron chi connectivity index (χ2n) is 5.56. The summed E-state index contributed by atoms with van der Waals surface area (Å²) in [6.45, 7) is 5.43. The van der Waals surface area contributed by atoms with Crippen molar-refractivity contribution in [3.8, 4) is 0 Å². The van der Waals surface area contributed by atoms with E-state index in [9.17, 15) is 4.79 Å². The molecule has 6 heteroatoms. The van der Waals surface area contributed by atoms with Gasteiger partial charge >= 0.3 is 6.03 Å². The molecular weight excluding hydrogens is 290 g/mol. The molecule has 0 aliphatic carbocycles. The van der Waals surface area contributed by atoms with Crippen molar-refractivity contribution in [1.82, 2.24) is 10.2 Å². The van der Waals surface area contributed by atoms with E-state index in [-0.39, 0.29) is 18.2 Å². The van der Waals surface area contributed by atoms with E-state index in [1.165, 1.54) is 0 Å². The molecule has 1 fully saturated rings. The first kappa shape index (κ1) is 16.1. The number of hydrogen-bond acceptors (Lipinski definition) is 3. The number of anilines is 1. The van der Waals surface area contributed by atoms with Crippen LogP contribution in [0.15, 0.2) is 12.1 Å². The van der Waals surface area contributed by atoms with Crippen LogP contribution in [0.5, 0.6) is 0 Å². The molecule has 2 amide bonds. The van der Waals surface area contributed by atoms with Crippen molar-refractivity contribution >= 4 is 23.3 Å². The minimum atomic E-state index is -0.231. The first-order chi connectivity index (χ1) is 9.92. The summed E-state index contributed by atoms with van der Waals surface area (Å²) in [5.74, 6) is 0. The monoisotopic (exact) mass is 311 g/mol. The summed E-state index contributed by atoms with van der Waals surface area (Å²) in [5, 5.41) is 6.51. The molecule has 0 spiro atoms. The van der Waals surface area contributed by atoms with Gasteiger partial charge in [-0.3, -0.25) is 0 Å². The number of hydrogen-bond donors (Lipinski definition) is 2. The van der Waals surface area contributed by atoms with Crippen LogP contribution in [-0.2, 0) is 4.74 Å². The van der Waals surface area contributed by atoms with Crippen LogP contribution in [0, 0.1) is 13.8 Å². The van der Waals surface area contributed by atoms with Crippen LogP contribution in [0.25, 0.3) is 0 Å². The number of aryl methyl sites for hydroxylation is 1. The van der Waals surface area contributed by atoms with Crippen molar-refractivity contribution in [1.29, 1.82) is 0 Å². The standard InChI is InChI=1S/C15H22ClN3O2/c1-9-5-6-11(16)10(2)14(9)18-15(20)17-12-7-19(3)8-13(12)21-4/h5-6,12-13H,7-8H2,1-4H3,(H2,17,18,20)/t12-,13-/m1/s1. The zero-order valence-electron chi connectivity index (χ0n) is 12.9. The summed E-state index contributed by atoms with van der Waals surface area (Å²) < 4.78 is 5.41. The molecule has 0 saturated carbocycles. The van der Waals surface area contributed by atoms with E-state index in [1.54, 1.807) is 7.11 Å². The van der Waals surface area contributed by atoms with Gasteiger partial charge in [0.2, 0.25) is 0 Å². The Labute approximate surface area is 130 Å². The zero-order valence-corrected chi connectivity index (χ0v) is 13.6. The highest BCUT2D eigenvalue weighted by Crippen LogP contribution is 2.27. The van der Waals surface area contributed by atoms with Gasteiger partial charge in [0.1, 0.15) is 0 Å². The van der Waals surface area contributed by atoms with Gasteiger partial charge in [-0.15, -0.1) is 0 Å². The minimum Gasteiger partial charge on any atom is -0.378 e. The van der Waals surface area contributed by atoms with Crippen LogP contribution < -0.4 is 10.6 Å². The second kappa shape index (κ2) is 6.64. The fraction of sp³-hybridized carbons (Fsp3) is 0.533. The third kappa shape index (κ3) is 3.67. The summed E-state index contributed by atoms with van der Waals surface area (Å²) in [6.07, 6.45) is 0.0160. The number of likely N-dealkylation sites (tertiary alicyclic amines) is 1. The number of urea groups is 1. The topological polar surface area (TPSA) is 53.6 Å². The summed E-state index contributed by atoms with van der Waals surface area (Å²) in [6, 6.07) is 3.49. The molecule has 2 atom stereocenters. The summed E-state index contributed by atoms with van der Waals surface area (Å²) in [5.41, 5.74) is 2.62. The fourth-order valence-electron chi connectivity index (χ4n) is 2.67. The van der Waals surface area contributed by atoms with Crippen molar-refractivity contribution in [2.75, 3.05) is 32.6 Å². The highest BCUT2D eigenvalue weighted by Gasteiger charge is 2.32. The first-order valence-corrected chi connectivity index (χ1v) is 7.34. The van der Waals surface area contributed by atoms with Crippen LogP contribution in [-0.4, -0.2) is 50.3 Å². The smallest absolute Gasteiger partial charge is 0.319 e. The molecule has 2 N–H and O–H groups in total. The van der Waals surface area contributed by atoms with Gasteiger partial charge in [0.05, 0.1) is 12.1 Å². The van der Waals surface area contributed by atoms with Gasteiger partial charge in [0.25, 0.3) is 0 Å². The predicted octanol–water partition coefficient (Wildman–Crippen LogP) is 2.41. The number of ether oxygens (including phenoxy) is 1. The number of carbonyl (C=O) groups is 1. The maximum atomic E-state index is 12.2. The summed E-state index contributed by atoms with van der Waals surface area (Å²) in [4.78, 5) is 14.3. The molecule has 1 saturated heterocycles. The van der Waals surface area contributed by atoms with Crippen molar-refractivity contribution in [3.63, 3.8) is 0 Å². The van der Waals surface area contributed by atoms with Gasteiger partial charge in [0, 0.05) is 30.9 Å². The number of amides is 2. The maximum Gasteiger partial charge on any atom is 0.319 e. The number of nitrogens with zero attached hydrogens (tertiary/aromatic N) is 1. The first-order valence-electron chi connectivity index (χ1n) is 6.97. The molecule has 1 aromatic rings. The summed E-state index contributed by atoms with van der Waals surface area (Å²) in [7, 11) is 3.68. The summed E-state index contributed by atoms with van der Waals surface area (Å²) >= 11 is 6.11. The SMILES string of the molecule is CO[C@@H]1CN(C)C[C@H]1NC(=O)Nc1c(C)ccc(Cl)c1C. The molecule has 0 bridgehead atoms. The second-order valence-corrected chi connectivity index (χ2v) is 5.97. The molecule has 1 heterocycles. The molecular formula is C15H22ClN3O2. The van der Waals surface area contributed by atoms with Crippen molar-refractivity contribution < 1.29 is 9.53 Å². The van der Waals surface area contributed by atoms with Gasteiger partial charge < -0.3 is 20.3 Å². The van der Waals surface area contributed by atoms with Crippen LogP contribution in [0.3, 0.4) is 0 Å². The number of methoxy groups -OCH3 is 1. The number of rotatable bonds is 3. The number of benzene rings is 1. The Kier molecular flexibility index (Phi) is 5.08. The van der Waals surface area contributed by atoms with E-state index in [2.05, 4.69) is 15.5 Å². The molecule has 1 aliphatic heterocycles. The highest BCUT2D eigenvalue weighted by molar-refractivity contribution is 6.31. The zero-order chi connectivity index (χ0) is 15.6. The Hall–Kier alpha value is -1.30. The van der Waals surface area contributed by atoms with Gasteiger partial charge in [-0.25, -0.2) is 4.79 Å². The Morgan fingerprint density at radius 1 is 1.38 bits per heavy atom. The number of likely N-dealkylation sites (N-methyl/N-ethyl adjacent to an activating group) is 1. The quantitative estimate of drug-likeness (QED) is 0.901. The number of carbonyl (C=O) groups excluding carboxylic acids is 1. The van der Waals surface area contributed by atoms with Crippen molar-refractivity contribution in [3.05, 3.63) is 28.3 Å².